The lowest BCUT2D eigenvalue weighted by Crippen LogP contribution is -2.30. The largest absolute Gasteiger partial charge is 0.323 e. The van der Waals surface area contributed by atoms with E-state index in [2.05, 4.69) is 5.92 Å². The normalized spacial score (nSPS) is 10.1. The van der Waals surface area contributed by atoms with Crippen LogP contribution in [-0.2, 0) is 6.54 Å². The van der Waals surface area contributed by atoms with Gasteiger partial charge in [0.15, 0.2) is 0 Å². The fraction of sp³-hybridized carbons (Fsp3) is 0.133. The summed E-state index contributed by atoms with van der Waals surface area (Å²) < 4.78 is 0.412. The second-order valence-corrected chi connectivity index (χ2v) is 5.95. The van der Waals surface area contributed by atoms with Gasteiger partial charge in [0.1, 0.15) is 4.34 Å². The van der Waals surface area contributed by atoms with Gasteiger partial charge in [-0.25, -0.2) is 0 Å². The molecule has 0 aliphatic carbocycles. The van der Waals surface area contributed by atoms with Crippen LogP contribution in [0.25, 0.3) is 0 Å². The lowest BCUT2D eigenvalue weighted by atomic mass is 10.2. The highest BCUT2D eigenvalue weighted by molar-refractivity contribution is 7.15. The molecule has 1 heterocycles. The first kappa shape index (κ1) is 14.9. The van der Waals surface area contributed by atoms with Gasteiger partial charge in [0, 0.05) is 11.9 Å². The maximum Gasteiger partial charge on any atom is 0.257 e. The molecule has 5 heteroatoms. The Morgan fingerprint density at radius 2 is 2.00 bits per heavy atom. The third-order valence-corrected chi connectivity index (χ3v) is 4.53. The summed E-state index contributed by atoms with van der Waals surface area (Å²) in [6, 6.07) is 9.65. The SMILES string of the molecule is C#CCN(Cc1ccccc1)C(=O)c1csc(Cl)c1Cl. The second kappa shape index (κ2) is 6.81. The highest BCUT2D eigenvalue weighted by Gasteiger charge is 2.21. The smallest absolute Gasteiger partial charge is 0.257 e. The van der Waals surface area contributed by atoms with Crippen molar-refractivity contribution in [3.05, 3.63) is 56.2 Å². The standard InChI is InChI=1S/C15H11Cl2NOS/c1-2-8-18(9-11-6-4-3-5-7-11)15(19)12-10-20-14(17)13(12)16/h1,3-7,10H,8-9H2. The molecule has 1 amide bonds. The molecule has 102 valence electrons. The zero-order valence-corrected chi connectivity index (χ0v) is 12.8. The van der Waals surface area contributed by atoms with E-state index in [1.807, 2.05) is 30.3 Å². The minimum absolute atomic E-state index is 0.208. The number of terminal acetylenes is 1. The maximum atomic E-state index is 12.5. The fourth-order valence-corrected chi connectivity index (χ4v) is 2.97. The average Bonchev–Trinajstić information content (AvgIpc) is 2.79. The number of rotatable bonds is 4. The first-order valence-corrected chi connectivity index (χ1v) is 7.46. The zero-order chi connectivity index (χ0) is 14.5. The first-order valence-electron chi connectivity index (χ1n) is 5.82. The Kier molecular flexibility index (Phi) is 5.08. The number of carbonyl (C=O) groups excluding carboxylic acids is 1. The van der Waals surface area contributed by atoms with Crippen molar-refractivity contribution in [1.29, 1.82) is 0 Å². The summed E-state index contributed by atoms with van der Waals surface area (Å²) in [5, 5.41) is 1.94. The van der Waals surface area contributed by atoms with E-state index in [1.165, 1.54) is 11.3 Å². The van der Waals surface area contributed by atoms with Crippen LogP contribution >= 0.6 is 34.5 Å². The van der Waals surface area contributed by atoms with Crippen LogP contribution in [0.3, 0.4) is 0 Å². The molecule has 0 spiro atoms. The maximum absolute atomic E-state index is 12.5. The molecule has 1 aromatic heterocycles. The van der Waals surface area contributed by atoms with Crippen LogP contribution in [-0.4, -0.2) is 17.4 Å². The monoisotopic (exact) mass is 323 g/mol. The van der Waals surface area contributed by atoms with Gasteiger partial charge >= 0.3 is 0 Å². The molecule has 0 aliphatic heterocycles. The number of benzene rings is 1. The van der Waals surface area contributed by atoms with E-state index in [0.29, 0.717) is 16.4 Å². The molecule has 0 N–H and O–H groups in total. The molecule has 2 aromatic rings. The van der Waals surface area contributed by atoms with E-state index in [9.17, 15) is 4.79 Å². The number of halogens is 2. The number of thiophene rings is 1. The molecular weight excluding hydrogens is 313 g/mol. The number of hydrogen-bond donors (Lipinski definition) is 0. The number of amides is 1. The Hall–Kier alpha value is -1.47. The fourth-order valence-electron chi connectivity index (χ4n) is 1.75. The van der Waals surface area contributed by atoms with Gasteiger partial charge in [-0.05, 0) is 5.56 Å². The van der Waals surface area contributed by atoms with Crippen molar-refractivity contribution in [2.45, 2.75) is 6.54 Å². The third-order valence-electron chi connectivity index (χ3n) is 2.71. The number of nitrogens with zero attached hydrogens (tertiary/aromatic N) is 1. The third kappa shape index (κ3) is 3.34. The van der Waals surface area contributed by atoms with Gasteiger partial charge < -0.3 is 4.90 Å². The van der Waals surface area contributed by atoms with Crippen molar-refractivity contribution >= 4 is 40.4 Å². The molecule has 0 bridgehead atoms. The molecule has 0 fully saturated rings. The van der Waals surface area contributed by atoms with Crippen LogP contribution in [0.4, 0.5) is 0 Å². The van der Waals surface area contributed by atoms with Gasteiger partial charge in [0.2, 0.25) is 0 Å². The molecule has 0 radical (unpaired) electrons. The summed E-state index contributed by atoms with van der Waals surface area (Å²) in [7, 11) is 0. The Bertz CT molecular complexity index is 646. The van der Waals surface area contributed by atoms with Crippen LogP contribution in [0.1, 0.15) is 15.9 Å². The minimum Gasteiger partial charge on any atom is -0.323 e. The Morgan fingerprint density at radius 1 is 1.30 bits per heavy atom. The van der Waals surface area contributed by atoms with Gasteiger partial charge in [0.25, 0.3) is 5.91 Å². The van der Waals surface area contributed by atoms with Crippen LogP contribution in [0, 0.1) is 12.3 Å². The van der Waals surface area contributed by atoms with E-state index >= 15 is 0 Å². The molecule has 1 aromatic carbocycles. The van der Waals surface area contributed by atoms with Crippen LogP contribution in [0.5, 0.6) is 0 Å². The first-order chi connectivity index (χ1) is 9.63. The van der Waals surface area contributed by atoms with Crippen LogP contribution in [0.2, 0.25) is 9.36 Å². The summed E-state index contributed by atoms with van der Waals surface area (Å²) in [4.78, 5) is 14.0. The van der Waals surface area contributed by atoms with Crippen molar-refractivity contribution in [2.24, 2.45) is 0 Å². The van der Waals surface area contributed by atoms with Crippen molar-refractivity contribution in [3.8, 4) is 12.3 Å². The van der Waals surface area contributed by atoms with Crippen molar-refractivity contribution in [3.63, 3.8) is 0 Å². The zero-order valence-electron chi connectivity index (χ0n) is 10.5. The molecule has 20 heavy (non-hydrogen) atoms. The molecule has 0 unspecified atom stereocenters. The Labute approximate surface area is 131 Å². The lowest BCUT2D eigenvalue weighted by molar-refractivity contribution is 0.0766. The van der Waals surface area contributed by atoms with E-state index < -0.39 is 0 Å². The van der Waals surface area contributed by atoms with Crippen LogP contribution in [0.15, 0.2) is 35.7 Å². The highest BCUT2D eigenvalue weighted by Crippen LogP contribution is 2.33. The summed E-state index contributed by atoms with van der Waals surface area (Å²) in [5.41, 5.74) is 1.40. The number of carbonyl (C=O) groups is 1. The number of hydrogen-bond acceptors (Lipinski definition) is 2. The van der Waals surface area contributed by atoms with Gasteiger partial charge in [-0.3, -0.25) is 4.79 Å². The van der Waals surface area contributed by atoms with Crippen molar-refractivity contribution < 1.29 is 4.79 Å². The van der Waals surface area contributed by atoms with E-state index in [4.69, 9.17) is 29.6 Å². The molecule has 0 saturated carbocycles. The van der Waals surface area contributed by atoms with Gasteiger partial charge in [0.05, 0.1) is 17.1 Å². The van der Waals surface area contributed by atoms with Crippen molar-refractivity contribution in [2.75, 3.05) is 6.54 Å². The molecule has 2 rings (SSSR count). The van der Waals surface area contributed by atoms with Crippen LogP contribution < -0.4 is 0 Å². The van der Waals surface area contributed by atoms with Crippen molar-refractivity contribution in [1.82, 2.24) is 4.90 Å². The van der Waals surface area contributed by atoms with Gasteiger partial charge in [-0.2, -0.15) is 0 Å². The van der Waals surface area contributed by atoms with E-state index in [-0.39, 0.29) is 17.5 Å². The van der Waals surface area contributed by atoms with Gasteiger partial charge in [-0.15, -0.1) is 17.8 Å². The highest BCUT2D eigenvalue weighted by atomic mass is 35.5. The van der Waals surface area contributed by atoms with E-state index in [0.717, 1.165) is 5.56 Å². The second-order valence-electron chi connectivity index (χ2n) is 4.09. The Morgan fingerprint density at radius 3 is 2.55 bits per heavy atom. The lowest BCUT2D eigenvalue weighted by Gasteiger charge is -2.20. The van der Waals surface area contributed by atoms with E-state index in [1.54, 1.807) is 10.3 Å². The topological polar surface area (TPSA) is 20.3 Å². The molecule has 0 aliphatic rings. The molecule has 0 saturated heterocycles. The summed E-state index contributed by atoms with van der Waals surface area (Å²) in [5.74, 6) is 2.29. The quantitative estimate of drug-likeness (QED) is 0.767. The predicted octanol–water partition coefficient (Wildman–Crippen LogP) is 4.33. The van der Waals surface area contributed by atoms with Gasteiger partial charge in [-0.1, -0.05) is 59.5 Å². The summed E-state index contributed by atoms with van der Waals surface area (Å²) >= 11 is 13.2. The molecule has 0 atom stereocenters. The average molecular weight is 324 g/mol. The molecule has 2 nitrogen and oxygen atoms in total. The minimum atomic E-state index is -0.208. The summed E-state index contributed by atoms with van der Waals surface area (Å²) in [6.07, 6.45) is 5.34. The summed E-state index contributed by atoms with van der Waals surface area (Å²) in [6.45, 7) is 0.658. The predicted molar refractivity (Wildman–Crippen MR) is 84.4 cm³/mol. The Balaban J connectivity index is 2.23. The molecular formula is C15H11Cl2NOS.